The lowest BCUT2D eigenvalue weighted by Crippen LogP contribution is -2.35. The van der Waals surface area contributed by atoms with Gasteiger partial charge in [-0.3, -0.25) is 9.36 Å². The number of allylic oxidation sites excluding steroid dienone is 2. The molecular formula is C19H20N2O3. The van der Waals surface area contributed by atoms with E-state index in [2.05, 4.69) is 17.5 Å². The van der Waals surface area contributed by atoms with Crippen molar-refractivity contribution < 1.29 is 9.21 Å². The van der Waals surface area contributed by atoms with Crippen molar-refractivity contribution in [1.29, 1.82) is 0 Å². The lowest BCUT2D eigenvalue weighted by molar-refractivity contribution is -0.121. The highest BCUT2D eigenvalue weighted by atomic mass is 16.4. The molecule has 5 heteroatoms. The fourth-order valence-corrected chi connectivity index (χ4v) is 4.96. The third-order valence-electron chi connectivity index (χ3n) is 6.28. The minimum absolute atomic E-state index is 0.0116. The molecule has 1 amide bonds. The number of carbonyl (C=O) groups is 1. The molecule has 24 heavy (non-hydrogen) atoms. The third kappa shape index (κ3) is 1.93. The zero-order valence-electron chi connectivity index (χ0n) is 13.4. The van der Waals surface area contributed by atoms with Gasteiger partial charge in [-0.05, 0) is 54.6 Å². The fourth-order valence-electron chi connectivity index (χ4n) is 4.96. The van der Waals surface area contributed by atoms with Crippen LogP contribution in [0, 0.1) is 23.2 Å². The number of amides is 1. The van der Waals surface area contributed by atoms with Crippen LogP contribution >= 0.6 is 0 Å². The number of rotatable bonds is 4. The Morgan fingerprint density at radius 2 is 2.12 bits per heavy atom. The van der Waals surface area contributed by atoms with Crippen LogP contribution in [0.3, 0.4) is 0 Å². The van der Waals surface area contributed by atoms with E-state index >= 15 is 0 Å². The number of carbonyl (C=O) groups excluding carboxylic acids is 1. The predicted molar refractivity (Wildman–Crippen MR) is 89.4 cm³/mol. The van der Waals surface area contributed by atoms with E-state index < -0.39 is 5.76 Å². The first-order chi connectivity index (χ1) is 11.7. The van der Waals surface area contributed by atoms with Gasteiger partial charge in [0.1, 0.15) is 6.54 Å². The topological polar surface area (TPSA) is 64.2 Å². The maximum Gasteiger partial charge on any atom is 0.420 e. The van der Waals surface area contributed by atoms with Crippen LogP contribution in [0.2, 0.25) is 0 Å². The number of oxazole rings is 1. The molecule has 1 aromatic carbocycles. The number of nitrogens with zero attached hydrogens (tertiary/aromatic N) is 1. The second-order valence-electron chi connectivity index (χ2n) is 7.47. The Morgan fingerprint density at radius 1 is 1.29 bits per heavy atom. The first-order valence-electron chi connectivity index (χ1n) is 8.71. The molecule has 0 unspecified atom stereocenters. The molecule has 5 nitrogen and oxygen atoms in total. The van der Waals surface area contributed by atoms with Crippen LogP contribution in [0.1, 0.15) is 19.3 Å². The van der Waals surface area contributed by atoms with Crippen molar-refractivity contribution >= 4 is 17.0 Å². The second-order valence-corrected chi connectivity index (χ2v) is 7.47. The van der Waals surface area contributed by atoms with Crippen molar-refractivity contribution in [3.05, 3.63) is 47.0 Å². The molecule has 2 saturated carbocycles. The van der Waals surface area contributed by atoms with Gasteiger partial charge in [-0.25, -0.2) is 4.79 Å². The van der Waals surface area contributed by atoms with Crippen molar-refractivity contribution in [2.45, 2.75) is 25.8 Å². The maximum absolute atomic E-state index is 12.3. The van der Waals surface area contributed by atoms with Gasteiger partial charge in [0, 0.05) is 6.54 Å². The van der Waals surface area contributed by atoms with E-state index in [1.165, 1.54) is 23.8 Å². The SMILES string of the molecule is O=C(Cn1c(=O)oc2ccccc21)NC[C@H]1C[C@H]2C=C[C@H]1C21CC1. The van der Waals surface area contributed by atoms with Gasteiger partial charge in [0.25, 0.3) is 0 Å². The zero-order chi connectivity index (χ0) is 16.3. The van der Waals surface area contributed by atoms with Crippen LogP contribution in [0.15, 0.2) is 45.6 Å². The molecule has 1 aromatic heterocycles. The van der Waals surface area contributed by atoms with Gasteiger partial charge in [0.2, 0.25) is 5.91 Å². The molecule has 2 bridgehead atoms. The van der Waals surface area contributed by atoms with Crippen molar-refractivity contribution in [2.24, 2.45) is 23.2 Å². The minimum Gasteiger partial charge on any atom is -0.408 e. The van der Waals surface area contributed by atoms with E-state index in [1.807, 2.05) is 12.1 Å². The second kappa shape index (κ2) is 4.85. The van der Waals surface area contributed by atoms with Gasteiger partial charge in [-0.15, -0.1) is 0 Å². The standard InChI is InChI=1S/C19H20N2O3/c22-17(11-21-15-3-1-2-4-16(15)24-18(21)23)20-10-12-9-13-5-6-14(12)19(13)7-8-19/h1-6,12-14H,7-11H2,(H,20,22)/t12-,13-,14-/m1/s1. The minimum atomic E-state index is -0.480. The van der Waals surface area contributed by atoms with Gasteiger partial charge < -0.3 is 9.73 Å². The van der Waals surface area contributed by atoms with Crippen LogP contribution in [0.4, 0.5) is 0 Å². The highest BCUT2D eigenvalue weighted by Gasteiger charge is 2.62. The molecule has 0 saturated heterocycles. The lowest BCUT2D eigenvalue weighted by Gasteiger charge is -2.20. The monoisotopic (exact) mass is 324 g/mol. The first-order valence-corrected chi connectivity index (χ1v) is 8.71. The molecule has 3 atom stereocenters. The molecule has 124 valence electrons. The molecule has 0 radical (unpaired) electrons. The first kappa shape index (κ1) is 14.1. The summed E-state index contributed by atoms with van der Waals surface area (Å²) in [6.07, 6.45) is 8.63. The highest BCUT2D eigenvalue weighted by molar-refractivity contribution is 5.79. The molecule has 3 aliphatic rings. The largest absolute Gasteiger partial charge is 0.420 e. The van der Waals surface area contributed by atoms with E-state index in [0.717, 1.165) is 5.92 Å². The average molecular weight is 324 g/mol. The Labute approximate surface area is 139 Å². The van der Waals surface area contributed by atoms with Crippen LogP contribution in [0.5, 0.6) is 0 Å². The van der Waals surface area contributed by atoms with Crippen molar-refractivity contribution in [3.8, 4) is 0 Å². The van der Waals surface area contributed by atoms with Crippen LogP contribution < -0.4 is 11.1 Å². The Morgan fingerprint density at radius 3 is 2.92 bits per heavy atom. The maximum atomic E-state index is 12.3. The summed E-state index contributed by atoms with van der Waals surface area (Å²) in [7, 11) is 0. The van der Waals surface area contributed by atoms with Crippen molar-refractivity contribution in [3.63, 3.8) is 0 Å². The number of fused-ring (bicyclic) bond motifs is 1. The zero-order valence-corrected chi connectivity index (χ0v) is 13.4. The molecule has 1 N–H and O–H groups in total. The van der Waals surface area contributed by atoms with E-state index in [0.29, 0.717) is 34.9 Å². The number of hydrogen-bond donors (Lipinski definition) is 1. The summed E-state index contributed by atoms with van der Waals surface area (Å²) in [6, 6.07) is 7.18. The molecular weight excluding hydrogens is 304 g/mol. The number of aromatic nitrogens is 1. The predicted octanol–water partition coefficient (Wildman–Crippen LogP) is 2.31. The molecule has 1 heterocycles. The van der Waals surface area contributed by atoms with Gasteiger partial charge in [0.15, 0.2) is 5.58 Å². The number of hydrogen-bond acceptors (Lipinski definition) is 3. The van der Waals surface area contributed by atoms with Gasteiger partial charge >= 0.3 is 5.76 Å². The third-order valence-corrected chi connectivity index (χ3v) is 6.28. The quantitative estimate of drug-likeness (QED) is 0.878. The molecule has 2 aromatic rings. The molecule has 0 aliphatic heterocycles. The summed E-state index contributed by atoms with van der Waals surface area (Å²) in [5, 5.41) is 3.03. The highest BCUT2D eigenvalue weighted by Crippen LogP contribution is 2.69. The molecule has 2 fully saturated rings. The van der Waals surface area contributed by atoms with Gasteiger partial charge in [-0.1, -0.05) is 24.3 Å². The Kier molecular flexibility index (Phi) is 2.84. The normalized spacial score (nSPS) is 28.8. The summed E-state index contributed by atoms with van der Waals surface area (Å²) in [5.41, 5.74) is 1.73. The summed E-state index contributed by atoms with van der Waals surface area (Å²) < 4.78 is 6.57. The summed E-state index contributed by atoms with van der Waals surface area (Å²) >= 11 is 0. The van der Waals surface area contributed by atoms with E-state index in [-0.39, 0.29) is 12.5 Å². The molecule has 1 spiro atoms. The smallest absolute Gasteiger partial charge is 0.408 e. The van der Waals surface area contributed by atoms with Crippen LogP contribution in [0.25, 0.3) is 11.1 Å². The van der Waals surface area contributed by atoms with Crippen LogP contribution in [-0.4, -0.2) is 17.0 Å². The van der Waals surface area contributed by atoms with Crippen LogP contribution in [-0.2, 0) is 11.3 Å². The summed E-state index contributed by atoms with van der Waals surface area (Å²) in [6.45, 7) is 0.717. The van der Waals surface area contributed by atoms with Gasteiger partial charge in [0.05, 0.1) is 5.52 Å². The van der Waals surface area contributed by atoms with E-state index in [1.54, 1.807) is 12.1 Å². The Balaban J connectivity index is 1.26. The molecule has 5 rings (SSSR count). The van der Waals surface area contributed by atoms with Crippen molar-refractivity contribution in [2.75, 3.05) is 6.54 Å². The summed E-state index contributed by atoms with van der Waals surface area (Å²) in [4.78, 5) is 24.3. The lowest BCUT2D eigenvalue weighted by atomic mass is 9.89. The van der Waals surface area contributed by atoms with E-state index in [9.17, 15) is 9.59 Å². The number of benzene rings is 1. The Bertz CT molecular complexity index is 903. The van der Waals surface area contributed by atoms with Crippen molar-refractivity contribution in [1.82, 2.24) is 9.88 Å². The fraction of sp³-hybridized carbons (Fsp3) is 0.474. The van der Waals surface area contributed by atoms with Gasteiger partial charge in [-0.2, -0.15) is 0 Å². The average Bonchev–Trinajstić information content (AvgIpc) is 3.15. The Hall–Kier alpha value is -2.30. The summed E-state index contributed by atoms with van der Waals surface area (Å²) in [5.74, 6) is 1.31. The molecule has 3 aliphatic carbocycles. The number of para-hydroxylation sites is 2. The van der Waals surface area contributed by atoms with E-state index in [4.69, 9.17) is 4.42 Å². The number of nitrogens with one attached hydrogen (secondary N) is 1.